The number of halogens is 1. The highest BCUT2D eigenvalue weighted by Gasteiger charge is 2.20. The highest BCUT2D eigenvalue weighted by molar-refractivity contribution is 6.08. The summed E-state index contributed by atoms with van der Waals surface area (Å²) in [4.78, 5) is 4.75. The molecule has 2 rings (SSSR count). The van der Waals surface area contributed by atoms with E-state index in [0.717, 1.165) is 30.7 Å². The van der Waals surface area contributed by atoms with Crippen LogP contribution in [0.25, 0.3) is 0 Å². The molecular formula is C30H52FN5. The zero-order chi connectivity index (χ0) is 27.4. The first-order valence-corrected chi connectivity index (χ1v) is 13.4. The fraction of sp³-hybridized carbons (Fsp3) is 0.567. The zero-order valence-corrected chi connectivity index (χ0v) is 23.5. The molecule has 1 saturated carbocycles. The molecule has 0 atom stereocenters. The number of benzene rings is 1. The second-order valence-corrected chi connectivity index (χ2v) is 9.70. The van der Waals surface area contributed by atoms with Crippen LogP contribution in [0.15, 0.2) is 71.6 Å². The molecule has 1 aromatic rings. The van der Waals surface area contributed by atoms with Crippen LogP contribution in [0.5, 0.6) is 0 Å². The van der Waals surface area contributed by atoms with Gasteiger partial charge in [-0.2, -0.15) is 0 Å². The van der Waals surface area contributed by atoms with Gasteiger partial charge in [-0.1, -0.05) is 101 Å². The molecule has 0 aromatic heterocycles. The van der Waals surface area contributed by atoms with Gasteiger partial charge in [0, 0.05) is 12.2 Å². The largest absolute Gasteiger partial charge is 0.405 e. The summed E-state index contributed by atoms with van der Waals surface area (Å²) < 4.78 is 13.0. The molecule has 1 aliphatic carbocycles. The Kier molecular flexibility index (Phi) is 18.2. The van der Waals surface area contributed by atoms with Crippen LogP contribution in [-0.2, 0) is 0 Å². The first-order valence-electron chi connectivity index (χ1n) is 13.4. The lowest BCUT2D eigenvalue weighted by molar-refractivity contribution is 0.0581. The first-order chi connectivity index (χ1) is 17.2. The van der Waals surface area contributed by atoms with Crippen LogP contribution in [0.1, 0.15) is 98.0 Å². The maximum Gasteiger partial charge on any atom is 0.0835 e. The number of nitrogens with zero attached hydrogens (tertiary/aromatic N) is 2. The average molecular weight is 502 g/mol. The van der Waals surface area contributed by atoms with Gasteiger partial charge in [-0.05, 0) is 61.8 Å². The molecular weight excluding hydrogens is 449 g/mol. The minimum atomic E-state index is 0.202. The fourth-order valence-electron chi connectivity index (χ4n) is 3.91. The van der Waals surface area contributed by atoms with E-state index >= 15 is 0 Å². The number of allylic oxidation sites excluding steroid dienone is 4. The molecule has 0 aliphatic heterocycles. The van der Waals surface area contributed by atoms with E-state index in [0.29, 0.717) is 30.2 Å². The molecule has 6 heteroatoms. The molecule has 204 valence electrons. The molecule has 0 radical (unpaired) electrons. The molecule has 36 heavy (non-hydrogen) atoms. The van der Waals surface area contributed by atoms with Gasteiger partial charge in [0.2, 0.25) is 0 Å². The molecule has 0 saturated heterocycles. The van der Waals surface area contributed by atoms with Crippen molar-refractivity contribution in [1.29, 1.82) is 0 Å². The third kappa shape index (κ3) is 13.5. The summed E-state index contributed by atoms with van der Waals surface area (Å²) in [7, 11) is 0. The van der Waals surface area contributed by atoms with E-state index in [1.165, 1.54) is 32.1 Å². The minimum absolute atomic E-state index is 0.202. The summed E-state index contributed by atoms with van der Waals surface area (Å²) in [5.41, 5.74) is 14.7. The van der Waals surface area contributed by atoms with E-state index in [-0.39, 0.29) is 10.6 Å². The van der Waals surface area contributed by atoms with Crippen LogP contribution in [0.2, 0.25) is 0 Å². The van der Waals surface area contributed by atoms with Crippen molar-refractivity contribution >= 4 is 5.71 Å². The minimum Gasteiger partial charge on any atom is -0.405 e. The molecule has 0 bridgehead atoms. The monoisotopic (exact) mass is 501 g/mol. The summed E-state index contributed by atoms with van der Waals surface area (Å²) >= 11 is 0. The standard InChI is InChI=1S/C16H24N2.C11H22FN3.C3H6/c1-4-16(3,5-2)13-18-15(11-12-17)14-9-7-6-8-10-14;1-2-10(13)11(15(12)14)8-9-6-4-3-5-7-9;1-3-2/h6-12H,4-5,13,17H2,1-3H3;9H,2-8,13-14H2,1H3;3H,1H2,2H3/b12-11-,18-15?;11-10-;. The lowest BCUT2D eigenvalue weighted by atomic mass is 9.85. The van der Waals surface area contributed by atoms with Gasteiger partial charge >= 0.3 is 0 Å². The number of hydrogen-bond acceptors (Lipinski definition) is 5. The molecule has 5 nitrogen and oxygen atoms in total. The van der Waals surface area contributed by atoms with Gasteiger partial charge in [-0.25, -0.2) is 5.84 Å². The Morgan fingerprint density at radius 2 is 1.69 bits per heavy atom. The maximum atomic E-state index is 13.0. The van der Waals surface area contributed by atoms with Gasteiger partial charge in [0.15, 0.2) is 0 Å². The van der Waals surface area contributed by atoms with Gasteiger partial charge in [-0.3, -0.25) is 4.99 Å². The zero-order valence-electron chi connectivity index (χ0n) is 23.5. The number of hydrogen-bond donors (Lipinski definition) is 3. The van der Waals surface area contributed by atoms with Crippen LogP contribution in [0.4, 0.5) is 4.48 Å². The van der Waals surface area contributed by atoms with E-state index in [2.05, 4.69) is 39.5 Å². The highest BCUT2D eigenvalue weighted by atomic mass is 19.2. The summed E-state index contributed by atoms with van der Waals surface area (Å²) in [6, 6.07) is 10.2. The van der Waals surface area contributed by atoms with Crippen molar-refractivity contribution in [2.24, 2.45) is 33.6 Å². The van der Waals surface area contributed by atoms with E-state index in [1.807, 2.05) is 38.1 Å². The second kappa shape index (κ2) is 19.6. The van der Waals surface area contributed by atoms with Crippen LogP contribution in [0.3, 0.4) is 0 Å². The SMILES string of the molecule is C=CC.CC/C(N)=C(\CC1CCCCC1)N(N)F.CCC(C)(CC)CN=C(/C=C\N)c1ccccc1. The number of rotatable bonds is 10. The summed E-state index contributed by atoms with van der Waals surface area (Å²) in [5.74, 6) is 5.72. The Bertz CT molecular complexity index is 789. The van der Waals surface area contributed by atoms with Gasteiger partial charge in [0.1, 0.15) is 0 Å². The van der Waals surface area contributed by atoms with E-state index in [1.54, 1.807) is 12.3 Å². The summed E-state index contributed by atoms with van der Waals surface area (Å²) in [6.45, 7) is 14.7. The highest BCUT2D eigenvalue weighted by Crippen LogP contribution is 2.30. The Morgan fingerprint density at radius 1 is 1.14 bits per heavy atom. The topological polar surface area (TPSA) is 93.7 Å². The van der Waals surface area contributed by atoms with Crippen LogP contribution in [-0.4, -0.2) is 17.5 Å². The maximum absolute atomic E-state index is 13.0. The molecule has 1 aromatic carbocycles. The van der Waals surface area contributed by atoms with Crippen molar-refractivity contribution in [1.82, 2.24) is 5.23 Å². The van der Waals surface area contributed by atoms with Crippen molar-refractivity contribution in [3.8, 4) is 0 Å². The Hall–Kier alpha value is -2.60. The van der Waals surface area contributed by atoms with Gasteiger partial charge in [0.05, 0.1) is 11.4 Å². The Balaban J connectivity index is 0.000000621. The van der Waals surface area contributed by atoms with Crippen molar-refractivity contribution in [2.45, 2.75) is 92.4 Å². The third-order valence-electron chi connectivity index (χ3n) is 6.88. The number of hydrazine groups is 1. The van der Waals surface area contributed by atoms with Crippen molar-refractivity contribution in [3.63, 3.8) is 0 Å². The predicted octanol–water partition coefficient (Wildman–Crippen LogP) is 7.56. The molecule has 6 N–H and O–H groups in total. The van der Waals surface area contributed by atoms with Crippen molar-refractivity contribution < 1.29 is 4.48 Å². The molecule has 0 spiro atoms. The van der Waals surface area contributed by atoms with E-state index in [4.69, 9.17) is 22.3 Å². The van der Waals surface area contributed by atoms with Gasteiger partial charge in [0.25, 0.3) is 0 Å². The van der Waals surface area contributed by atoms with E-state index in [9.17, 15) is 4.48 Å². The van der Waals surface area contributed by atoms with Gasteiger partial charge < -0.3 is 11.5 Å². The van der Waals surface area contributed by atoms with Crippen molar-refractivity contribution in [2.75, 3.05) is 6.54 Å². The fourth-order valence-corrected chi connectivity index (χ4v) is 3.91. The Morgan fingerprint density at radius 3 is 2.14 bits per heavy atom. The van der Waals surface area contributed by atoms with Gasteiger partial charge in [-0.15, -0.1) is 11.8 Å². The second-order valence-electron chi connectivity index (χ2n) is 9.70. The summed E-state index contributed by atoms with van der Waals surface area (Å²) in [6.07, 6.45) is 15.0. The lowest BCUT2D eigenvalue weighted by Crippen LogP contribution is -2.26. The van der Waals surface area contributed by atoms with Crippen LogP contribution in [0, 0.1) is 11.3 Å². The van der Waals surface area contributed by atoms with Crippen LogP contribution < -0.4 is 17.3 Å². The molecule has 1 fully saturated rings. The van der Waals surface area contributed by atoms with E-state index < -0.39 is 0 Å². The quantitative estimate of drug-likeness (QED) is 0.101. The number of nitrogens with two attached hydrogens (primary N) is 3. The average Bonchev–Trinajstić information content (AvgIpc) is 2.90. The van der Waals surface area contributed by atoms with Crippen LogP contribution >= 0.6 is 0 Å². The first kappa shape index (κ1) is 33.4. The Labute approximate surface area is 220 Å². The molecule has 1 aliphatic rings. The third-order valence-corrected chi connectivity index (χ3v) is 6.88. The smallest absolute Gasteiger partial charge is 0.0835 e. The summed E-state index contributed by atoms with van der Waals surface area (Å²) in [5, 5.41) is 0.202. The lowest BCUT2D eigenvalue weighted by Gasteiger charge is -2.24. The van der Waals surface area contributed by atoms with Crippen molar-refractivity contribution in [3.05, 3.63) is 72.2 Å². The normalized spacial score (nSPS) is 15.2. The molecule has 0 heterocycles. The molecule has 0 unspecified atom stereocenters. The number of aliphatic imine (C=N–C) groups is 1. The molecule has 0 amide bonds. The predicted molar refractivity (Wildman–Crippen MR) is 156 cm³/mol.